The molecule has 41 heavy (non-hydrogen) atoms. The zero-order valence-corrected chi connectivity index (χ0v) is 22.8. The van der Waals surface area contributed by atoms with Crippen molar-refractivity contribution in [1.29, 1.82) is 0 Å². The normalized spacial score (nSPS) is 13.8. The molecular weight excluding hydrogens is 550 g/mol. The number of hydrogen-bond donors (Lipinski definition) is 2. The molecule has 0 saturated carbocycles. The van der Waals surface area contributed by atoms with Gasteiger partial charge in [0, 0.05) is 35.3 Å². The maximum absolute atomic E-state index is 13.7. The monoisotopic (exact) mass is 574 g/mol. The van der Waals surface area contributed by atoms with Crippen LogP contribution in [0.2, 0.25) is 0 Å². The minimum absolute atomic E-state index is 0.0919. The molecule has 0 atom stereocenters. The Labute approximate surface area is 234 Å². The fourth-order valence-corrected chi connectivity index (χ4v) is 5.52. The minimum atomic E-state index is -4.19. The van der Waals surface area contributed by atoms with E-state index in [1.54, 1.807) is 18.2 Å². The Morgan fingerprint density at radius 3 is 2.49 bits per heavy atom. The van der Waals surface area contributed by atoms with Gasteiger partial charge in [-0.05, 0) is 54.8 Å². The van der Waals surface area contributed by atoms with Crippen LogP contribution in [0.3, 0.4) is 0 Å². The topological polar surface area (TPSA) is 175 Å². The van der Waals surface area contributed by atoms with Gasteiger partial charge in [-0.15, -0.1) is 4.40 Å². The van der Waals surface area contributed by atoms with Crippen molar-refractivity contribution < 1.29 is 23.2 Å². The fraction of sp³-hybridized carbons (Fsp3) is 0.179. The molecule has 1 aromatic heterocycles. The SMILES string of the molecule is CC(C)CCn1c(=O)c(C2=NS(=O)(=O)c3ccccc3[N]2)c(O)c2cc(NC(=O)c3ccc([N+](=O)[O-])cc3)ccc21. The predicted octanol–water partition coefficient (Wildman–Crippen LogP) is 4.30. The Kier molecular flexibility index (Phi) is 7.05. The van der Waals surface area contributed by atoms with Crippen LogP contribution in [0, 0.1) is 16.0 Å². The fourth-order valence-electron chi connectivity index (χ4n) is 4.43. The number of fused-ring (bicyclic) bond motifs is 2. The van der Waals surface area contributed by atoms with E-state index in [4.69, 9.17) is 0 Å². The van der Waals surface area contributed by atoms with Gasteiger partial charge in [-0.3, -0.25) is 19.7 Å². The molecule has 13 heteroatoms. The van der Waals surface area contributed by atoms with Crippen molar-refractivity contribution in [2.45, 2.75) is 31.7 Å². The number of aryl methyl sites for hydroxylation is 1. The van der Waals surface area contributed by atoms with Gasteiger partial charge < -0.3 is 15.0 Å². The van der Waals surface area contributed by atoms with Crippen LogP contribution < -0.4 is 16.2 Å². The number of sulfonamides is 1. The van der Waals surface area contributed by atoms with Crippen molar-refractivity contribution in [2.75, 3.05) is 5.32 Å². The smallest absolute Gasteiger partial charge is 0.286 e. The number of carbonyl (C=O) groups excluding carboxylic acids is 1. The second-order valence-electron chi connectivity index (χ2n) is 9.82. The molecule has 2 N–H and O–H groups in total. The van der Waals surface area contributed by atoms with Crippen LogP contribution in [0.15, 0.2) is 80.8 Å². The molecule has 2 heterocycles. The number of nitro benzene ring substituents is 1. The first-order chi connectivity index (χ1) is 19.5. The number of amides is 1. The molecular formula is C28H24N5O7S. The molecule has 0 spiro atoms. The van der Waals surface area contributed by atoms with Crippen LogP contribution in [0.25, 0.3) is 10.9 Å². The highest BCUT2D eigenvalue weighted by Gasteiger charge is 2.31. The van der Waals surface area contributed by atoms with Crippen molar-refractivity contribution >= 4 is 49.7 Å². The van der Waals surface area contributed by atoms with Crippen molar-refractivity contribution in [1.82, 2.24) is 9.88 Å². The second-order valence-corrected chi connectivity index (χ2v) is 11.4. The molecule has 12 nitrogen and oxygen atoms in total. The summed E-state index contributed by atoms with van der Waals surface area (Å²) in [5.41, 5.74) is -0.309. The van der Waals surface area contributed by atoms with Gasteiger partial charge in [-0.2, -0.15) is 8.42 Å². The number of non-ortho nitro benzene ring substituents is 1. The van der Waals surface area contributed by atoms with Gasteiger partial charge >= 0.3 is 0 Å². The van der Waals surface area contributed by atoms with E-state index in [0.717, 1.165) is 0 Å². The van der Waals surface area contributed by atoms with E-state index in [0.29, 0.717) is 11.9 Å². The third kappa shape index (κ3) is 5.26. The highest BCUT2D eigenvalue weighted by atomic mass is 32.2. The summed E-state index contributed by atoms with van der Waals surface area (Å²) in [7, 11) is -4.19. The van der Waals surface area contributed by atoms with Gasteiger partial charge in [-0.1, -0.05) is 26.0 Å². The van der Waals surface area contributed by atoms with E-state index in [1.165, 1.54) is 53.1 Å². The number of nitrogens with one attached hydrogen (secondary N) is 1. The van der Waals surface area contributed by atoms with E-state index in [1.807, 2.05) is 13.8 Å². The van der Waals surface area contributed by atoms with E-state index >= 15 is 0 Å². The average molecular weight is 575 g/mol. The third-order valence-corrected chi connectivity index (χ3v) is 7.88. The van der Waals surface area contributed by atoms with E-state index in [9.17, 15) is 33.2 Å². The lowest BCUT2D eigenvalue weighted by atomic mass is 10.1. The highest BCUT2D eigenvalue weighted by molar-refractivity contribution is 7.90. The number of pyridine rings is 1. The summed E-state index contributed by atoms with van der Waals surface area (Å²) in [4.78, 5) is 36.8. The maximum Gasteiger partial charge on any atom is 0.286 e. The Bertz CT molecular complexity index is 1910. The van der Waals surface area contributed by atoms with Gasteiger partial charge in [0.05, 0.1) is 16.1 Å². The number of aromatic nitrogens is 1. The lowest BCUT2D eigenvalue weighted by Crippen LogP contribution is -2.32. The minimum Gasteiger partial charge on any atom is -0.506 e. The highest BCUT2D eigenvalue weighted by Crippen LogP contribution is 2.34. The molecule has 209 valence electrons. The number of nitrogens with zero attached hydrogens (tertiary/aromatic N) is 4. The Balaban J connectivity index is 1.62. The Hall–Kier alpha value is -5.04. The standard InChI is InChI=1S/C28H24N5O7S/c1-16(2)13-14-32-22-12-9-18(29-27(35)17-7-10-19(11-8-17)33(37)38)15-20(22)25(34)24(28(32)36)26-30-21-5-3-4-6-23(21)41(39,40)31-26/h3-12,15-16,34H,13-14H2,1-2H3,(H,29,35). The average Bonchev–Trinajstić information content (AvgIpc) is 2.93. The first-order valence-corrected chi connectivity index (χ1v) is 14.0. The molecule has 0 saturated heterocycles. The van der Waals surface area contributed by atoms with Crippen molar-refractivity contribution in [3.8, 4) is 5.75 Å². The number of rotatable bonds is 7. The Morgan fingerprint density at radius 1 is 1.10 bits per heavy atom. The predicted molar refractivity (Wildman–Crippen MR) is 152 cm³/mol. The first kappa shape index (κ1) is 27.5. The van der Waals surface area contributed by atoms with E-state index in [2.05, 4.69) is 15.0 Å². The molecule has 0 bridgehead atoms. The molecule has 5 rings (SSSR count). The molecule has 3 aromatic carbocycles. The number of amidine groups is 1. The van der Waals surface area contributed by atoms with Gasteiger partial charge in [-0.25, -0.2) is 5.32 Å². The zero-order chi connectivity index (χ0) is 29.5. The third-order valence-electron chi connectivity index (χ3n) is 6.57. The molecule has 1 aliphatic rings. The van der Waals surface area contributed by atoms with Gasteiger partial charge in [0.2, 0.25) is 0 Å². The number of aromatic hydroxyl groups is 1. The van der Waals surface area contributed by atoms with E-state index < -0.39 is 38.0 Å². The summed E-state index contributed by atoms with van der Waals surface area (Å²) in [6.07, 6.45) is 0.614. The molecule has 0 aliphatic carbocycles. The van der Waals surface area contributed by atoms with Crippen LogP contribution >= 0.6 is 0 Å². The van der Waals surface area contributed by atoms with Crippen molar-refractivity contribution in [3.63, 3.8) is 0 Å². The first-order valence-electron chi connectivity index (χ1n) is 12.6. The zero-order valence-electron chi connectivity index (χ0n) is 21.9. The molecule has 1 amide bonds. The molecule has 0 unspecified atom stereocenters. The van der Waals surface area contributed by atoms with Crippen molar-refractivity contribution in [2.24, 2.45) is 10.3 Å². The summed E-state index contributed by atoms with van der Waals surface area (Å²) in [6, 6.07) is 15.6. The Morgan fingerprint density at radius 2 is 1.80 bits per heavy atom. The largest absolute Gasteiger partial charge is 0.506 e. The number of nitro groups is 1. The van der Waals surface area contributed by atoms with Crippen molar-refractivity contribution in [3.05, 3.63) is 98.3 Å². The van der Waals surface area contributed by atoms with E-state index in [-0.39, 0.29) is 50.9 Å². The van der Waals surface area contributed by atoms with Crippen LogP contribution in [-0.4, -0.2) is 34.8 Å². The van der Waals surface area contributed by atoms with Gasteiger partial charge in [0.25, 0.3) is 27.2 Å². The lowest BCUT2D eigenvalue weighted by molar-refractivity contribution is -0.384. The second kappa shape index (κ2) is 10.5. The summed E-state index contributed by atoms with van der Waals surface area (Å²) in [5, 5.41) is 29.4. The number of hydrogen-bond acceptors (Lipinski definition) is 7. The van der Waals surface area contributed by atoms with Crippen LogP contribution in [-0.2, 0) is 16.6 Å². The summed E-state index contributed by atoms with van der Waals surface area (Å²) >= 11 is 0. The van der Waals surface area contributed by atoms with Gasteiger partial charge in [0.15, 0.2) is 5.84 Å². The molecule has 0 fully saturated rings. The van der Waals surface area contributed by atoms with Crippen LogP contribution in [0.1, 0.15) is 36.2 Å². The summed E-state index contributed by atoms with van der Waals surface area (Å²) in [5.74, 6) is -1.29. The van der Waals surface area contributed by atoms with Crippen LogP contribution in [0.5, 0.6) is 5.75 Å². The summed E-state index contributed by atoms with van der Waals surface area (Å²) in [6.45, 7) is 4.25. The number of para-hydroxylation sites is 1. The molecule has 1 radical (unpaired) electrons. The van der Waals surface area contributed by atoms with Crippen LogP contribution in [0.4, 0.5) is 17.1 Å². The number of anilines is 1. The number of carbonyl (C=O) groups is 1. The quantitative estimate of drug-likeness (QED) is 0.244. The number of benzene rings is 3. The van der Waals surface area contributed by atoms with Gasteiger partial charge in [0.1, 0.15) is 16.2 Å². The molecule has 1 aliphatic heterocycles. The summed E-state index contributed by atoms with van der Waals surface area (Å²) < 4.78 is 31.0. The lowest BCUT2D eigenvalue weighted by Gasteiger charge is -2.20. The molecule has 4 aromatic rings. The maximum atomic E-state index is 13.7.